The van der Waals surface area contributed by atoms with Gasteiger partial charge < -0.3 is 10.2 Å². The summed E-state index contributed by atoms with van der Waals surface area (Å²) < 4.78 is 0. The lowest BCUT2D eigenvalue weighted by molar-refractivity contribution is -0.165. The molecule has 130 valence electrons. The molecule has 2 N–H and O–H groups in total. The van der Waals surface area contributed by atoms with E-state index in [1.54, 1.807) is 13.0 Å². The van der Waals surface area contributed by atoms with Crippen LogP contribution in [0, 0.1) is 16.7 Å². The van der Waals surface area contributed by atoms with Gasteiger partial charge in [-0.15, -0.1) is 6.58 Å². The minimum absolute atomic E-state index is 0.115. The molecule has 0 radical (unpaired) electrons. The van der Waals surface area contributed by atoms with Crippen molar-refractivity contribution >= 4 is 5.78 Å². The summed E-state index contributed by atoms with van der Waals surface area (Å²) in [7, 11) is 0. The molecule has 2 rings (SSSR count). The molecule has 3 nitrogen and oxygen atoms in total. The molecular formula is C20H32O3. The molecule has 2 aliphatic carbocycles. The van der Waals surface area contributed by atoms with Crippen molar-refractivity contribution in [3.63, 3.8) is 0 Å². The van der Waals surface area contributed by atoms with E-state index in [4.69, 9.17) is 0 Å². The first-order valence-corrected chi connectivity index (χ1v) is 8.71. The van der Waals surface area contributed by atoms with Gasteiger partial charge in [-0.2, -0.15) is 0 Å². The Morgan fingerprint density at radius 1 is 1.39 bits per heavy atom. The van der Waals surface area contributed by atoms with E-state index in [9.17, 15) is 15.0 Å². The second-order valence-electron chi connectivity index (χ2n) is 8.84. The molecule has 0 saturated heterocycles. The van der Waals surface area contributed by atoms with Crippen molar-refractivity contribution in [3.05, 3.63) is 24.3 Å². The van der Waals surface area contributed by atoms with Crippen molar-refractivity contribution in [1.82, 2.24) is 0 Å². The van der Waals surface area contributed by atoms with Crippen LogP contribution in [0.4, 0.5) is 0 Å². The number of ketones is 1. The Kier molecular flexibility index (Phi) is 4.45. The smallest absolute Gasteiger partial charge is 0.160 e. The number of hydrogen-bond acceptors (Lipinski definition) is 3. The molecule has 4 atom stereocenters. The third-order valence-electron chi connectivity index (χ3n) is 6.61. The molecule has 0 aromatic heterocycles. The van der Waals surface area contributed by atoms with E-state index in [-0.39, 0.29) is 17.1 Å². The normalized spacial score (nSPS) is 39.2. The highest BCUT2D eigenvalue weighted by Gasteiger charge is 2.61. The van der Waals surface area contributed by atoms with Crippen molar-refractivity contribution in [2.24, 2.45) is 16.7 Å². The van der Waals surface area contributed by atoms with E-state index in [1.165, 1.54) is 6.08 Å². The van der Waals surface area contributed by atoms with Crippen LogP contribution in [0.3, 0.4) is 0 Å². The van der Waals surface area contributed by atoms with Crippen molar-refractivity contribution in [1.29, 1.82) is 0 Å². The Morgan fingerprint density at radius 2 is 2.00 bits per heavy atom. The number of aliphatic hydroxyl groups is 2. The zero-order chi connectivity index (χ0) is 17.7. The van der Waals surface area contributed by atoms with Gasteiger partial charge in [-0.1, -0.05) is 33.3 Å². The molecule has 23 heavy (non-hydrogen) atoms. The minimum Gasteiger partial charge on any atom is -0.386 e. The predicted molar refractivity (Wildman–Crippen MR) is 93.0 cm³/mol. The molecule has 0 aliphatic heterocycles. The van der Waals surface area contributed by atoms with E-state index >= 15 is 0 Å². The first-order chi connectivity index (χ1) is 10.4. The summed E-state index contributed by atoms with van der Waals surface area (Å²) in [6.45, 7) is 13.6. The number of hydrogen-bond donors (Lipinski definition) is 2. The van der Waals surface area contributed by atoms with Gasteiger partial charge in [-0.05, 0) is 56.6 Å². The molecular weight excluding hydrogens is 288 g/mol. The van der Waals surface area contributed by atoms with Gasteiger partial charge in [-0.3, -0.25) is 4.79 Å². The van der Waals surface area contributed by atoms with Crippen LogP contribution >= 0.6 is 0 Å². The summed E-state index contributed by atoms with van der Waals surface area (Å²) in [5, 5.41) is 21.9. The molecule has 0 aromatic rings. The lowest BCUT2D eigenvalue weighted by Crippen LogP contribution is -2.61. The Balaban J connectivity index is 2.47. The molecule has 0 aromatic carbocycles. The first-order valence-electron chi connectivity index (χ1n) is 8.71. The zero-order valence-electron chi connectivity index (χ0n) is 15.3. The second-order valence-corrected chi connectivity index (χ2v) is 8.84. The average molecular weight is 320 g/mol. The van der Waals surface area contributed by atoms with E-state index < -0.39 is 16.6 Å². The molecule has 0 amide bonds. The number of carbonyl (C=O) groups is 1. The summed E-state index contributed by atoms with van der Waals surface area (Å²) >= 11 is 0. The van der Waals surface area contributed by atoms with Crippen LogP contribution in [-0.2, 0) is 4.79 Å². The molecule has 2 aliphatic rings. The lowest BCUT2D eigenvalue weighted by Gasteiger charge is -2.59. The van der Waals surface area contributed by atoms with Gasteiger partial charge in [0.15, 0.2) is 5.78 Å². The largest absolute Gasteiger partial charge is 0.386 e. The van der Waals surface area contributed by atoms with Gasteiger partial charge in [0.1, 0.15) is 0 Å². The number of fused-ring (bicyclic) bond motifs is 1. The van der Waals surface area contributed by atoms with Gasteiger partial charge in [0, 0.05) is 11.3 Å². The van der Waals surface area contributed by atoms with Crippen LogP contribution < -0.4 is 0 Å². The van der Waals surface area contributed by atoms with Crippen molar-refractivity contribution in [2.45, 2.75) is 77.9 Å². The van der Waals surface area contributed by atoms with Gasteiger partial charge in [0.05, 0.1) is 11.2 Å². The predicted octanol–water partition coefficient (Wildman–Crippen LogP) is 3.80. The van der Waals surface area contributed by atoms with Crippen molar-refractivity contribution in [3.8, 4) is 0 Å². The van der Waals surface area contributed by atoms with Gasteiger partial charge >= 0.3 is 0 Å². The average Bonchev–Trinajstić information content (AvgIpc) is 2.42. The van der Waals surface area contributed by atoms with Gasteiger partial charge in [-0.25, -0.2) is 0 Å². The fourth-order valence-corrected chi connectivity index (χ4v) is 5.09. The Hall–Kier alpha value is -0.930. The topological polar surface area (TPSA) is 57.5 Å². The highest BCUT2D eigenvalue weighted by molar-refractivity contribution is 5.95. The standard InChI is InChI=1S/C20H32O3/c1-7-18(5,22)11-12-20(23)14(2)13-15(21)16-17(3,4)9-8-10-19(16,20)6/h7,13,16,22-23H,1,8-12H2,2-6H3. The maximum Gasteiger partial charge on any atom is 0.160 e. The second kappa shape index (κ2) is 5.56. The van der Waals surface area contributed by atoms with Gasteiger partial charge in [0.2, 0.25) is 0 Å². The van der Waals surface area contributed by atoms with Crippen LogP contribution in [0.25, 0.3) is 0 Å². The maximum absolute atomic E-state index is 12.8. The van der Waals surface area contributed by atoms with Crippen LogP contribution in [-0.4, -0.2) is 27.2 Å². The van der Waals surface area contributed by atoms with Crippen LogP contribution in [0.5, 0.6) is 0 Å². The minimum atomic E-state index is -1.06. The maximum atomic E-state index is 12.8. The Labute approximate surface area is 140 Å². The third kappa shape index (κ3) is 2.83. The highest BCUT2D eigenvalue weighted by atomic mass is 16.3. The first kappa shape index (κ1) is 18.4. The van der Waals surface area contributed by atoms with E-state index in [1.807, 2.05) is 6.92 Å². The van der Waals surface area contributed by atoms with Crippen molar-refractivity contribution in [2.75, 3.05) is 0 Å². The lowest BCUT2D eigenvalue weighted by atomic mass is 9.46. The molecule has 0 heterocycles. The monoisotopic (exact) mass is 320 g/mol. The summed E-state index contributed by atoms with van der Waals surface area (Å²) in [6.07, 6.45) is 6.88. The summed E-state index contributed by atoms with van der Waals surface area (Å²) in [5.74, 6) is -0.0269. The summed E-state index contributed by atoms with van der Waals surface area (Å²) in [6, 6.07) is 0. The van der Waals surface area contributed by atoms with Crippen LogP contribution in [0.2, 0.25) is 0 Å². The van der Waals surface area contributed by atoms with E-state index in [0.29, 0.717) is 12.8 Å². The summed E-state index contributed by atoms with van der Waals surface area (Å²) in [4.78, 5) is 12.8. The van der Waals surface area contributed by atoms with E-state index in [2.05, 4.69) is 27.4 Å². The molecule has 0 spiro atoms. The van der Waals surface area contributed by atoms with Gasteiger partial charge in [0.25, 0.3) is 0 Å². The Morgan fingerprint density at radius 3 is 2.57 bits per heavy atom. The number of allylic oxidation sites excluding steroid dienone is 1. The molecule has 1 fully saturated rings. The molecule has 1 saturated carbocycles. The summed E-state index contributed by atoms with van der Waals surface area (Å²) in [5.41, 5.74) is -1.93. The Bertz CT molecular complexity index is 543. The fourth-order valence-electron chi connectivity index (χ4n) is 5.09. The third-order valence-corrected chi connectivity index (χ3v) is 6.61. The molecule has 4 unspecified atom stereocenters. The van der Waals surface area contributed by atoms with E-state index in [0.717, 1.165) is 24.8 Å². The fraction of sp³-hybridized carbons (Fsp3) is 0.750. The highest BCUT2D eigenvalue weighted by Crippen LogP contribution is 2.61. The van der Waals surface area contributed by atoms with Crippen molar-refractivity contribution < 1.29 is 15.0 Å². The number of carbonyl (C=O) groups excluding carboxylic acids is 1. The number of rotatable bonds is 4. The van der Waals surface area contributed by atoms with Crippen LogP contribution in [0.1, 0.15) is 66.7 Å². The quantitative estimate of drug-likeness (QED) is 0.775. The molecule has 0 bridgehead atoms. The SMILES string of the molecule is C=CC(C)(O)CCC1(O)C(C)=CC(=O)C2C(C)(C)CCCC21C. The van der Waals surface area contributed by atoms with Crippen LogP contribution in [0.15, 0.2) is 24.3 Å². The molecule has 3 heteroatoms. The zero-order valence-corrected chi connectivity index (χ0v) is 15.3.